The molecule has 2 heterocycles. The molecule has 2 aromatic heterocycles. The Bertz CT molecular complexity index is 2310. The minimum absolute atomic E-state index is 0.0638. The van der Waals surface area contributed by atoms with Gasteiger partial charge in [0.25, 0.3) is 0 Å². The highest BCUT2D eigenvalue weighted by Gasteiger charge is 2.49. The third kappa shape index (κ3) is 3.17. The molecule has 2 nitrogen and oxygen atoms in total. The molecule has 0 amide bonds. The summed E-state index contributed by atoms with van der Waals surface area (Å²) in [5.74, 6) is 3.62. The highest BCUT2D eigenvalue weighted by molar-refractivity contribution is 6.25. The zero-order valence-corrected chi connectivity index (χ0v) is 27.7. The number of rotatable bonds is 1. The van der Waals surface area contributed by atoms with Crippen molar-refractivity contribution in [1.29, 1.82) is 0 Å². The molecular formula is C44H43NO. The van der Waals surface area contributed by atoms with Crippen LogP contribution in [-0.2, 0) is 5.41 Å². The molecule has 230 valence electrons. The number of nitrogens with zero attached hydrogens (tertiary/aromatic N) is 1. The summed E-state index contributed by atoms with van der Waals surface area (Å²) in [6.45, 7) is 9.20. The molecule has 6 aromatic rings. The lowest BCUT2D eigenvalue weighted by Crippen LogP contribution is -2.33. The van der Waals surface area contributed by atoms with Crippen LogP contribution in [0.4, 0.5) is 0 Å². The van der Waals surface area contributed by atoms with Gasteiger partial charge in [-0.05, 0) is 176 Å². The van der Waals surface area contributed by atoms with Crippen LogP contribution in [-0.4, -0.2) is 10.2 Å². The fourth-order valence-electron chi connectivity index (χ4n) is 12.0. The highest BCUT2D eigenvalue weighted by atomic mass is 16.1. The second kappa shape index (κ2) is 8.43. The van der Waals surface area contributed by atoms with E-state index in [0.29, 0.717) is 11.7 Å². The molecule has 0 saturated heterocycles. The number of hydrogen-bond donors (Lipinski definition) is 0. The van der Waals surface area contributed by atoms with E-state index in [2.05, 4.69) is 86.7 Å². The SMILES string of the molecule is Cc1cccc(C)c1-c1cc2c3cc4c(cc3n3c5cc6c(cc5c(c1)c23)C1CC2CC(C1)CC6C2)C(=O)C1(C)CCC4(C)CC1. The van der Waals surface area contributed by atoms with Crippen LogP contribution < -0.4 is 0 Å². The lowest BCUT2D eigenvalue weighted by atomic mass is 9.65. The molecule has 3 fully saturated rings. The first-order valence-electron chi connectivity index (χ1n) is 18.2. The van der Waals surface area contributed by atoms with Crippen LogP contribution >= 0.6 is 0 Å². The lowest BCUT2D eigenvalue weighted by Gasteiger charge is -2.38. The molecule has 0 aliphatic heterocycles. The Morgan fingerprint density at radius 1 is 0.652 bits per heavy atom. The number of aromatic nitrogens is 1. The van der Waals surface area contributed by atoms with Crippen LogP contribution in [0.25, 0.3) is 49.2 Å². The smallest absolute Gasteiger partial charge is 0.169 e. The zero-order chi connectivity index (χ0) is 30.9. The van der Waals surface area contributed by atoms with Gasteiger partial charge < -0.3 is 4.40 Å². The van der Waals surface area contributed by atoms with Crippen molar-refractivity contribution < 1.29 is 4.79 Å². The van der Waals surface area contributed by atoms with Crippen molar-refractivity contribution in [2.24, 2.45) is 17.3 Å². The summed E-state index contributed by atoms with van der Waals surface area (Å²) in [4.78, 5) is 14.4. The Kier molecular flexibility index (Phi) is 4.84. The van der Waals surface area contributed by atoms with Crippen molar-refractivity contribution in [2.45, 2.75) is 103 Å². The van der Waals surface area contributed by atoms with Gasteiger partial charge in [0.2, 0.25) is 0 Å². The van der Waals surface area contributed by atoms with Gasteiger partial charge in [-0.15, -0.1) is 0 Å². The summed E-state index contributed by atoms with van der Waals surface area (Å²) < 4.78 is 2.59. The first-order valence-corrected chi connectivity index (χ1v) is 18.2. The fraction of sp³-hybridized carbons (Fsp3) is 0.432. The van der Waals surface area contributed by atoms with Crippen molar-refractivity contribution in [3.8, 4) is 11.1 Å². The monoisotopic (exact) mass is 601 g/mol. The van der Waals surface area contributed by atoms with Crippen LogP contribution in [0.3, 0.4) is 0 Å². The van der Waals surface area contributed by atoms with Gasteiger partial charge in [0, 0.05) is 32.5 Å². The maximum Gasteiger partial charge on any atom is 0.169 e. The van der Waals surface area contributed by atoms with Crippen LogP contribution in [0.15, 0.2) is 54.6 Å². The Labute approximate surface area is 271 Å². The number of carbonyl (C=O) groups excluding carboxylic acids is 1. The predicted octanol–water partition coefficient (Wildman–Crippen LogP) is 11.5. The molecule has 0 N–H and O–H groups in total. The molecule has 2 atom stereocenters. The molecule has 3 saturated carbocycles. The summed E-state index contributed by atoms with van der Waals surface area (Å²) in [5, 5.41) is 5.47. The maximum absolute atomic E-state index is 14.4. The van der Waals surface area contributed by atoms with Gasteiger partial charge in [0.1, 0.15) is 0 Å². The lowest BCUT2D eigenvalue weighted by molar-refractivity contribution is 0.0732. The number of hydrogen-bond acceptors (Lipinski definition) is 1. The Morgan fingerprint density at radius 2 is 1.22 bits per heavy atom. The number of carbonyl (C=O) groups is 1. The standard InChI is InChI=1S/C44H43NO/c1-23-6-5-7-24(2)40(23)29-17-34-32-19-30-27-13-25-12-26(14-27)16-28(15-25)31(30)21-38(32)45-39-22-36-37(20-33(39)35(18-29)41(34)45)43(3)8-10-44(4,11-9-43)42(36)46/h5-7,17-22,25-28H,8-16H2,1-4H3. The molecule has 13 rings (SSSR count). The van der Waals surface area contributed by atoms with E-state index >= 15 is 0 Å². The van der Waals surface area contributed by atoms with Crippen molar-refractivity contribution in [3.05, 3.63) is 88.0 Å². The largest absolute Gasteiger partial charge is 0.308 e. The van der Waals surface area contributed by atoms with Crippen LogP contribution in [0.5, 0.6) is 0 Å². The third-order valence-corrected chi connectivity index (χ3v) is 14.4. The number of aryl methyl sites for hydroxylation is 2. The van der Waals surface area contributed by atoms with Gasteiger partial charge >= 0.3 is 0 Å². The number of fused-ring (bicyclic) bond motifs is 8. The van der Waals surface area contributed by atoms with Gasteiger partial charge in [0.15, 0.2) is 5.78 Å². The van der Waals surface area contributed by atoms with E-state index in [-0.39, 0.29) is 10.8 Å². The maximum atomic E-state index is 14.4. The molecule has 0 spiro atoms. The number of ketones is 1. The predicted molar refractivity (Wildman–Crippen MR) is 190 cm³/mol. The van der Waals surface area contributed by atoms with Crippen molar-refractivity contribution in [1.82, 2.24) is 4.40 Å². The number of benzene rings is 4. The molecule has 6 bridgehead atoms. The molecule has 0 radical (unpaired) electrons. The van der Waals surface area contributed by atoms with Crippen LogP contribution in [0.1, 0.15) is 122 Å². The summed E-state index contributed by atoms with van der Waals surface area (Å²) >= 11 is 0. The van der Waals surface area contributed by atoms with Crippen LogP contribution in [0, 0.1) is 31.1 Å². The van der Waals surface area contributed by atoms with Crippen molar-refractivity contribution in [3.63, 3.8) is 0 Å². The van der Waals surface area contributed by atoms with E-state index in [1.54, 1.807) is 11.1 Å². The van der Waals surface area contributed by atoms with Gasteiger partial charge in [-0.1, -0.05) is 32.0 Å². The molecule has 46 heavy (non-hydrogen) atoms. The summed E-state index contributed by atoms with van der Waals surface area (Å²) in [6, 6.07) is 21.8. The van der Waals surface area contributed by atoms with Gasteiger partial charge in [0.05, 0.1) is 16.6 Å². The van der Waals surface area contributed by atoms with Gasteiger partial charge in [-0.3, -0.25) is 4.79 Å². The quantitative estimate of drug-likeness (QED) is 0.184. The third-order valence-electron chi connectivity index (χ3n) is 14.4. The second-order valence-corrected chi connectivity index (χ2v) is 17.2. The minimum Gasteiger partial charge on any atom is -0.308 e. The van der Waals surface area contributed by atoms with Crippen molar-refractivity contribution in [2.75, 3.05) is 0 Å². The summed E-state index contributed by atoms with van der Waals surface area (Å²) in [7, 11) is 0. The van der Waals surface area contributed by atoms with E-state index in [0.717, 1.165) is 49.0 Å². The normalized spacial score (nSPS) is 31.3. The summed E-state index contributed by atoms with van der Waals surface area (Å²) in [5.41, 5.74) is 14.7. The summed E-state index contributed by atoms with van der Waals surface area (Å²) in [6.07, 6.45) is 11.2. The molecule has 7 aliphatic carbocycles. The van der Waals surface area contributed by atoms with Crippen LogP contribution in [0.2, 0.25) is 0 Å². The minimum atomic E-state index is -0.232. The van der Waals surface area contributed by atoms with E-state index in [1.807, 2.05) is 0 Å². The average Bonchev–Trinajstić information content (AvgIpc) is 3.43. The molecular weight excluding hydrogens is 558 g/mol. The zero-order valence-electron chi connectivity index (χ0n) is 27.7. The topological polar surface area (TPSA) is 21.5 Å². The second-order valence-electron chi connectivity index (χ2n) is 17.2. The molecule has 2 unspecified atom stereocenters. The Morgan fingerprint density at radius 3 is 1.87 bits per heavy atom. The first-order chi connectivity index (χ1) is 22.2. The number of Topliss-reactive ketones (excluding diaryl/α,β-unsaturated/α-hetero) is 1. The first kappa shape index (κ1) is 26.4. The molecule has 7 aliphatic rings. The van der Waals surface area contributed by atoms with Gasteiger partial charge in [-0.2, -0.15) is 0 Å². The van der Waals surface area contributed by atoms with E-state index < -0.39 is 0 Å². The average molecular weight is 602 g/mol. The van der Waals surface area contributed by atoms with E-state index in [1.165, 1.54) is 98.0 Å². The Balaban J connectivity index is 1.30. The van der Waals surface area contributed by atoms with Crippen molar-refractivity contribution >= 4 is 43.9 Å². The Hall–Kier alpha value is -3.65. The molecule has 4 aromatic carbocycles. The fourth-order valence-corrected chi connectivity index (χ4v) is 12.0. The molecule has 2 heteroatoms. The van der Waals surface area contributed by atoms with E-state index in [9.17, 15) is 4.79 Å². The van der Waals surface area contributed by atoms with Gasteiger partial charge in [-0.25, -0.2) is 0 Å². The highest BCUT2D eigenvalue weighted by Crippen LogP contribution is 2.58. The van der Waals surface area contributed by atoms with E-state index in [4.69, 9.17) is 0 Å².